The van der Waals surface area contributed by atoms with Crippen molar-refractivity contribution in [2.24, 2.45) is 5.41 Å². The van der Waals surface area contributed by atoms with Crippen molar-refractivity contribution in [3.8, 4) is 0 Å². The minimum absolute atomic E-state index is 0.0859. The van der Waals surface area contributed by atoms with Gasteiger partial charge in [-0.15, -0.1) is 0 Å². The number of nitrogens with one attached hydrogen (secondary N) is 1. The van der Waals surface area contributed by atoms with Crippen molar-refractivity contribution in [2.45, 2.75) is 51.5 Å². The third-order valence-electron chi connectivity index (χ3n) is 6.65. The molecule has 6 nitrogen and oxygen atoms in total. The maximum atomic E-state index is 12.7. The highest BCUT2D eigenvalue weighted by molar-refractivity contribution is 5.91. The number of furan rings is 1. The lowest BCUT2D eigenvalue weighted by molar-refractivity contribution is -0.00683. The fourth-order valence-electron chi connectivity index (χ4n) is 4.89. The van der Waals surface area contributed by atoms with Crippen LogP contribution in [0.3, 0.4) is 0 Å². The summed E-state index contributed by atoms with van der Waals surface area (Å²) in [5.41, 5.74) is 0.121. The molecule has 0 saturated carbocycles. The summed E-state index contributed by atoms with van der Waals surface area (Å²) in [6, 6.07) is 3.77. The number of piperidine rings is 1. The predicted molar refractivity (Wildman–Crippen MR) is 108 cm³/mol. The molecule has 3 aliphatic heterocycles. The molecule has 0 spiro atoms. The highest BCUT2D eigenvalue weighted by atomic mass is 16.5. The molecule has 1 aromatic rings. The zero-order chi connectivity index (χ0) is 19.2. The largest absolute Gasteiger partial charge is 0.455 e. The van der Waals surface area contributed by atoms with Crippen LogP contribution in [-0.2, 0) is 11.3 Å². The highest BCUT2D eigenvalue weighted by Gasteiger charge is 2.35. The van der Waals surface area contributed by atoms with Gasteiger partial charge in [-0.25, -0.2) is 0 Å². The van der Waals surface area contributed by atoms with E-state index in [0.29, 0.717) is 12.3 Å². The van der Waals surface area contributed by atoms with E-state index in [1.807, 2.05) is 12.1 Å². The van der Waals surface area contributed by atoms with Gasteiger partial charge >= 0.3 is 0 Å². The molecule has 156 valence electrons. The maximum absolute atomic E-state index is 12.7. The van der Waals surface area contributed by atoms with E-state index in [1.165, 1.54) is 45.2 Å². The molecular weight excluding hydrogens is 354 g/mol. The van der Waals surface area contributed by atoms with E-state index in [2.05, 4.69) is 15.1 Å². The van der Waals surface area contributed by atoms with Crippen LogP contribution >= 0.6 is 0 Å². The SMILES string of the molecule is O=C(NCC1(CN2CCCCC2)CCOCC1)c1ccc(CN2CCCC2)o1. The molecule has 0 atom stereocenters. The van der Waals surface area contributed by atoms with Crippen molar-refractivity contribution in [3.05, 3.63) is 23.7 Å². The van der Waals surface area contributed by atoms with Gasteiger partial charge < -0.3 is 19.4 Å². The first-order chi connectivity index (χ1) is 13.7. The molecule has 3 fully saturated rings. The van der Waals surface area contributed by atoms with Gasteiger partial charge in [0.1, 0.15) is 5.76 Å². The van der Waals surface area contributed by atoms with Gasteiger partial charge in [0.05, 0.1) is 6.54 Å². The molecule has 0 bridgehead atoms. The number of nitrogens with zero attached hydrogens (tertiary/aromatic N) is 2. The molecule has 4 rings (SSSR count). The van der Waals surface area contributed by atoms with E-state index in [0.717, 1.165) is 58.0 Å². The zero-order valence-corrected chi connectivity index (χ0v) is 17.1. The Balaban J connectivity index is 1.32. The van der Waals surface area contributed by atoms with Crippen LogP contribution in [0.25, 0.3) is 0 Å². The maximum Gasteiger partial charge on any atom is 0.287 e. The summed E-state index contributed by atoms with van der Waals surface area (Å²) in [5, 5.41) is 3.18. The number of rotatable bonds is 7. The Morgan fingerprint density at radius 2 is 1.64 bits per heavy atom. The normalized spacial score (nSPS) is 23.7. The molecular formula is C22H35N3O3. The van der Waals surface area contributed by atoms with Gasteiger partial charge in [-0.1, -0.05) is 6.42 Å². The van der Waals surface area contributed by atoms with E-state index in [1.54, 1.807) is 0 Å². The van der Waals surface area contributed by atoms with Crippen LogP contribution in [-0.4, -0.2) is 68.2 Å². The summed E-state index contributed by atoms with van der Waals surface area (Å²) in [6.07, 6.45) is 8.50. The molecule has 0 radical (unpaired) electrons. The molecule has 28 heavy (non-hydrogen) atoms. The van der Waals surface area contributed by atoms with Crippen LogP contribution in [0.2, 0.25) is 0 Å². The number of likely N-dealkylation sites (tertiary alicyclic amines) is 2. The molecule has 3 saturated heterocycles. The average Bonchev–Trinajstić information content (AvgIpc) is 3.40. The summed E-state index contributed by atoms with van der Waals surface area (Å²) in [4.78, 5) is 17.7. The van der Waals surface area contributed by atoms with Gasteiger partial charge in [-0.2, -0.15) is 0 Å². The molecule has 6 heteroatoms. The van der Waals surface area contributed by atoms with Crippen molar-refractivity contribution in [1.82, 2.24) is 15.1 Å². The number of hydrogen-bond donors (Lipinski definition) is 1. The van der Waals surface area contributed by atoms with Crippen LogP contribution in [0.1, 0.15) is 61.3 Å². The first kappa shape index (κ1) is 19.9. The second-order valence-electron chi connectivity index (χ2n) is 8.88. The number of hydrogen-bond acceptors (Lipinski definition) is 5. The van der Waals surface area contributed by atoms with Crippen molar-refractivity contribution < 1.29 is 13.9 Å². The van der Waals surface area contributed by atoms with Gasteiger partial charge in [0, 0.05) is 31.7 Å². The van der Waals surface area contributed by atoms with Crippen molar-refractivity contribution in [1.29, 1.82) is 0 Å². The van der Waals surface area contributed by atoms with Crippen molar-refractivity contribution in [2.75, 3.05) is 52.5 Å². The molecule has 0 aliphatic carbocycles. The molecule has 3 aliphatic rings. The van der Waals surface area contributed by atoms with Crippen LogP contribution in [0.15, 0.2) is 16.5 Å². The Morgan fingerprint density at radius 1 is 0.964 bits per heavy atom. The molecule has 1 N–H and O–H groups in total. The topological polar surface area (TPSA) is 58.0 Å². The predicted octanol–water partition coefficient (Wildman–Crippen LogP) is 2.89. The second-order valence-corrected chi connectivity index (χ2v) is 8.88. The summed E-state index contributed by atoms with van der Waals surface area (Å²) in [5.74, 6) is 1.24. The molecule has 4 heterocycles. The fourth-order valence-corrected chi connectivity index (χ4v) is 4.89. The van der Waals surface area contributed by atoms with Crippen LogP contribution in [0, 0.1) is 5.41 Å². The van der Waals surface area contributed by atoms with Crippen LogP contribution in [0.5, 0.6) is 0 Å². The fraction of sp³-hybridized carbons (Fsp3) is 0.773. The van der Waals surface area contributed by atoms with Crippen LogP contribution < -0.4 is 5.32 Å². The Bertz CT molecular complexity index is 627. The standard InChI is InChI=1S/C22H35N3O3/c26-21(20-7-6-19(28-20)16-24-10-4-5-11-24)23-17-22(8-14-27-15-9-22)18-25-12-2-1-3-13-25/h6-7H,1-5,8-18H2,(H,23,26). The first-order valence-corrected chi connectivity index (χ1v) is 11.1. The van der Waals surface area contributed by atoms with Gasteiger partial charge in [-0.3, -0.25) is 9.69 Å². The van der Waals surface area contributed by atoms with E-state index in [9.17, 15) is 4.79 Å². The van der Waals surface area contributed by atoms with E-state index in [-0.39, 0.29) is 11.3 Å². The Hall–Kier alpha value is -1.37. The number of carbonyl (C=O) groups excluding carboxylic acids is 1. The van der Waals surface area contributed by atoms with Crippen molar-refractivity contribution in [3.63, 3.8) is 0 Å². The first-order valence-electron chi connectivity index (χ1n) is 11.1. The number of amides is 1. The quantitative estimate of drug-likeness (QED) is 0.777. The zero-order valence-electron chi connectivity index (χ0n) is 17.1. The third kappa shape index (κ3) is 5.16. The molecule has 1 amide bonds. The lowest BCUT2D eigenvalue weighted by atomic mass is 9.79. The van der Waals surface area contributed by atoms with Crippen molar-refractivity contribution >= 4 is 5.91 Å². The number of ether oxygens (including phenoxy) is 1. The Morgan fingerprint density at radius 3 is 2.39 bits per heavy atom. The molecule has 0 aromatic carbocycles. The minimum atomic E-state index is -0.0859. The molecule has 0 unspecified atom stereocenters. The number of carbonyl (C=O) groups is 1. The smallest absolute Gasteiger partial charge is 0.287 e. The Kier molecular flexibility index (Phi) is 6.70. The van der Waals surface area contributed by atoms with Gasteiger partial charge in [0.2, 0.25) is 0 Å². The summed E-state index contributed by atoms with van der Waals surface area (Å²) in [7, 11) is 0. The lowest BCUT2D eigenvalue weighted by Gasteiger charge is -2.42. The monoisotopic (exact) mass is 389 g/mol. The summed E-state index contributed by atoms with van der Waals surface area (Å²) >= 11 is 0. The van der Waals surface area contributed by atoms with Gasteiger partial charge in [0.25, 0.3) is 5.91 Å². The average molecular weight is 390 g/mol. The minimum Gasteiger partial charge on any atom is -0.455 e. The summed E-state index contributed by atoms with van der Waals surface area (Å²) < 4.78 is 11.5. The van der Waals surface area contributed by atoms with E-state index < -0.39 is 0 Å². The van der Waals surface area contributed by atoms with E-state index in [4.69, 9.17) is 9.15 Å². The second kappa shape index (κ2) is 9.42. The lowest BCUT2D eigenvalue weighted by Crippen LogP contribution is -2.49. The van der Waals surface area contributed by atoms with Gasteiger partial charge in [-0.05, 0) is 76.8 Å². The Labute approximate surface area is 168 Å². The van der Waals surface area contributed by atoms with Crippen LogP contribution in [0.4, 0.5) is 0 Å². The third-order valence-corrected chi connectivity index (χ3v) is 6.65. The van der Waals surface area contributed by atoms with Gasteiger partial charge in [0.15, 0.2) is 5.76 Å². The summed E-state index contributed by atoms with van der Waals surface area (Å²) in [6.45, 7) is 8.80. The highest BCUT2D eigenvalue weighted by Crippen LogP contribution is 2.32. The van der Waals surface area contributed by atoms with E-state index >= 15 is 0 Å². The molecule has 1 aromatic heterocycles.